The highest BCUT2D eigenvalue weighted by Crippen LogP contribution is 2.17. The van der Waals surface area contributed by atoms with Crippen LogP contribution in [0.1, 0.15) is 0 Å². The second kappa shape index (κ2) is 5.07. The van der Waals surface area contributed by atoms with Crippen molar-refractivity contribution in [1.82, 2.24) is 14.0 Å². The summed E-state index contributed by atoms with van der Waals surface area (Å²) in [4.78, 5) is 16.8. The predicted molar refractivity (Wildman–Crippen MR) is 80.1 cm³/mol. The van der Waals surface area contributed by atoms with E-state index >= 15 is 0 Å². The maximum atomic E-state index is 12.4. The van der Waals surface area contributed by atoms with E-state index in [1.807, 2.05) is 0 Å². The van der Waals surface area contributed by atoms with E-state index in [1.54, 1.807) is 34.9 Å². The summed E-state index contributed by atoms with van der Waals surface area (Å²) >= 11 is 0. The van der Waals surface area contributed by atoms with Crippen molar-refractivity contribution in [3.05, 3.63) is 40.8 Å². The number of hydrogen-bond donors (Lipinski definition) is 0. The van der Waals surface area contributed by atoms with Crippen LogP contribution in [0.2, 0.25) is 0 Å². The molecule has 0 unspecified atom stereocenters. The van der Waals surface area contributed by atoms with Crippen molar-refractivity contribution in [3.8, 4) is 30.6 Å². The first-order valence-electron chi connectivity index (χ1n) is 6.26. The highest BCUT2D eigenvalue weighted by atomic mass is 16.5. The summed E-state index contributed by atoms with van der Waals surface area (Å²) in [5.41, 5.74) is 1.61. The highest BCUT2D eigenvalue weighted by molar-refractivity contribution is 5.76. The molecule has 0 aromatic carbocycles. The molecule has 102 valence electrons. The summed E-state index contributed by atoms with van der Waals surface area (Å²) < 4.78 is 8.56. The molecule has 0 fully saturated rings. The van der Waals surface area contributed by atoms with E-state index in [9.17, 15) is 4.79 Å². The maximum absolute atomic E-state index is 12.4. The number of fused-ring (bicyclic) bond motifs is 3. The maximum Gasteiger partial charge on any atom is 0.276 e. The molecule has 0 atom stereocenters. The van der Waals surface area contributed by atoms with Gasteiger partial charge in [0, 0.05) is 12.3 Å². The molecule has 0 N–H and O–H groups in total. The lowest BCUT2D eigenvalue weighted by molar-refractivity contribution is 0.356. The fraction of sp³-hybridized carbons (Fsp3) is 0.125. The van der Waals surface area contributed by atoms with E-state index in [1.165, 1.54) is 4.57 Å². The molecule has 0 radical (unpaired) electrons. The number of terminal acetylenes is 2. The van der Waals surface area contributed by atoms with Gasteiger partial charge in [0.2, 0.25) is 5.88 Å². The topological polar surface area (TPSA) is 48.5 Å². The number of aromatic nitrogens is 3. The van der Waals surface area contributed by atoms with E-state index in [0.29, 0.717) is 22.6 Å². The summed E-state index contributed by atoms with van der Waals surface area (Å²) in [6, 6.07) is 6.94. The smallest absolute Gasteiger partial charge is 0.276 e. The van der Waals surface area contributed by atoms with Crippen LogP contribution in [-0.2, 0) is 6.54 Å². The van der Waals surface area contributed by atoms with Gasteiger partial charge in [-0.25, -0.2) is 0 Å². The number of nitrogens with zero attached hydrogens (tertiary/aromatic N) is 3. The Hall–Kier alpha value is -3.18. The number of hydrogen-bond acceptors (Lipinski definition) is 3. The fourth-order valence-electron chi connectivity index (χ4n) is 2.24. The fourth-order valence-corrected chi connectivity index (χ4v) is 2.24. The summed E-state index contributed by atoms with van der Waals surface area (Å²) in [7, 11) is 0. The zero-order valence-corrected chi connectivity index (χ0v) is 11.1. The lowest BCUT2D eigenvalue weighted by Crippen LogP contribution is -2.22. The van der Waals surface area contributed by atoms with Crippen LogP contribution in [0.4, 0.5) is 0 Å². The van der Waals surface area contributed by atoms with Crippen LogP contribution in [0, 0.1) is 24.7 Å². The molecule has 5 heteroatoms. The molecule has 0 amide bonds. The molecule has 0 aliphatic heterocycles. The van der Waals surface area contributed by atoms with Crippen LogP contribution in [0.25, 0.3) is 16.7 Å². The van der Waals surface area contributed by atoms with Gasteiger partial charge in [-0.1, -0.05) is 11.8 Å². The lowest BCUT2D eigenvalue weighted by atomic mass is 10.3. The molecule has 0 bridgehead atoms. The summed E-state index contributed by atoms with van der Waals surface area (Å²) in [6.45, 7) is 0.320. The lowest BCUT2D eigenvalue weighted by Gasteiger charge is -2.10. The van der Waals surface area contributed by atoms with Crippen LogP contribution >= 0.6 is 0 Å². The molecule has 0 saturated heterocycles. The van der Waals surface area contributed by atoms with Crippen molar-refractivity contribution in [3.63, 3.8) is 0 Å². The Bertz CT molecular complexity index is 967. The van der Waals surface area contributed by atoms with Crippen LogP contribution < -0.4 is 10.3 Å². The van der Waals surface area contributed by atoms with Gasteiger partial charge in [-0.2, -0.15) is 4.98 Å². The Morgan fingerprint density at radius 2 is 2.05 bits per heavy atom. The van der Waals surface area contributed by atoms with Gasteiger partial charge < -0.3 is 4.74 Å². The predicted octanol–water partition coefficient (Wildman–Crippen LogP) is 1.29. The molecule has 21 heavy (non-hydrogen) atoms. The van der Waals surface area contributed by atoms with Crippen molar-refractivity contribution in [1.29, 1.82) is 0 Å². The Morgan fingerprint density at radius 3 is 2.81 bits per heavy atom. The number of ether oxygens (including phenoxy) is 1. The summed E-state index contributed by atoms with van der Waals surface area (Å²) in [6.07, 6.45) is 12.3. The first-order chi connectivity index (χ1) is 10.3. The van der Waals surface area contributed by atoms with Gasteiger partial charge in [-0.15, -0.1) is 12.8 Å². The Kier molecular flexibility index (Phi) is 3.10. The van der Waals surface area contributed by atoms with E-state index in [-0.39, 0.29) is 18.7 Å². The van der Waals surface area contributed by atoms with E-state index in [0.717, 1.165) is 0 Å². The minimum absolute atomic E-state index is 0.136. The first-order valence-corrected chi connectivity index (χ1v) is 6.26. The van der Waals surface area contributed by atoms with E-state index < -0.39 is 0 Å². The quantitative estimate of drug-likeness (QED) is 0.678. The zero-order chi connectivity index (χ0) is 14.8. The third-order valence-corrected chi connectivity index (χ3v) is 3.11. The van der Waals surface area contributed by atoms with Gasteiger partial charge in [0.25, 0.3) is 5.56 Å². The molecule has 0 spiro atoms. The zero-order valence-electron chi connectivity index (χ0n) is 11.1. The SMILES string of the molecule is C#CCOc1ccc2c(n1)n1cccc1c(=O)n2CC#C. The minimum atomic E-state index is -0.149. The molecule has 3 rings (SSSR count). The van der Waals surface area contributed by atoms with Gasteiger partial charge >= 0.3 is 0 Å². The van der Waals surface area contributed by atoms with Gasteiger partial charge in [0.1, 0.15) is 5.52 Å². The van der Waals surface area contributed by atoms with Crippen LogP contribution in [-0.4, -0.2) is 20.6 Å². The largest absolute Gasteiger partial charge is 0.464 e. The van der Waals surface area contributed by atoms with Crippen molar-refractivity contribution in [2.75, 3.05) is 6.61 Å². The van der Waals surface area contributed by atoms with Crippen molar-refractivity contribution < 1.29 is 4.74 Å². The second-order valence-electron chi connectivity index (χ2n) is 4.34. The third kappa shape index (κ3) is 2.01. The normalized spacial score (nSPS) is 10.4. The van der Waals surface area contributed by atoms with Gasteiger partial charge in [0.15, 0.2) is 12.3 Å². The molecule has 3 aromatic heterocycles. The van der Waals surface area contributed by atoms with Crippen molar-refractivity contribution >= 4 is 16.7 Å². The third-order valence-electron chi connectivity index (χ3n) is 3.11. The molecule has 3 heterocycles. The van der Waals surface area contributed by atoms with Gasteiger partial charge in [-0.3, -0.25) is 13.8 Å². The number of rotatable bonds is 3. The molecular formula is C16H11N3O2. The number of pyridine rings is 1. The minimum Gasteiger partial charge on any atom is -0.464 e. The van der Waals surface area contributed by atoms with Gasteiger partial charge in [0.05, 0.1) is 12.1 Å². The van der Waals surface area contributed by atoms with Crippen molar-refractivity contribution in [2.45, 2.75) is 6.54 Å². The average molecular weight is 277 g/mol. The average Bonchev–Trinajstić information content (AvgIpc) is 2.99. The molecular weight excluding hydrogens is 266 g/mol. The van der Waals surface area contributed by atoms with Crippen LogP contribution in [0.5, 0.6) is 5.88 Å². The van der Waals surface area contributed by atoms with E-state index in [2.05, 4.69) is 16.8 Å². The van der Waals surface area contributed by atoms with E-state index in [4.69, 9.17) is 17.6 Å². The molecule has 0 aliphatic rings. The highest BCUT2D eigenvalue weighted by Gasteiger charge is 2.11. The van der Waals surface area contributed by atoms with Crippen LogP contribution in [0.3, 0.4) is 0 Å². The Labute approximate surface area is 120 Å². The molecule has 0 saturated carbocycles. The van der Waals surface area contributed by atoms with Crippen LogP contribution in [0.15, 0.2) is 35.3 Å². The van der Waals surface area contributed by atoms with Crippen molar-refractivity contribution in [2.24, 2.45) is 0 Å². The first kappa shape index (κ1) is 12.8. The standard InChI is InChI=1S/C16H11N3O2/c1-3-9-19-12-7-8-14(21-11-4-2)17-15(12)18-10-5-6-13(18)16(19)20/h1-2,5-8,10H,9,11H2. The summed E-state index contributed by atoms with van der Waals surface area (Å²) in [5.74, 6) is 5.28. The second-order valence-corrected chi connectivity index (χ2v) is 4.34. The monoisotopic (exact) mass is 277 g/mol. The molecule has 5 nitrogen and oxygen atoms in total. The Balaban J connectivity index is 2.36. The molecule has 3 aromatic rings. The summed E-state index contributed by atoms with van der Waals surface area (Å²) in [5, 5.41) is 0. The molecule has 0 aliphatic carbocycles. The Morgan fingerprint density at radius 1 is 1.19 bits per heavy atom. The van der Waals surface area contributed by atoms with Gasteiger partial charge in [-0.05, 0) is 18.2 Å².